The molecule has 32 heavy (non-hydrogen) atoms. The maximum absolute atomic E-state index is 12.1. The summed E-state index contributed by atoms with van der Waals surface area (Å²) in [6, 6.07) is -0.682. The van der Waals surface area contributed by atoms with Gasteiger partial charge in [-0.25, -0.2) is 9.78 Å². The lowest BCUT2D eigenvalue weighted by molar-refractivity contribution is -0.187. The lowest BCUT2D eigenvalue weighted by Gasteiger charge is -2.34. The number of fused-ring (bicyclic) bond motifs is 1. The van der Waals surface area contributed by atoms with Crippen LogP contribution in [0.2, 0.25) is 0 Å². The summed E-state index contributed by atoms with van der Waals surface area (Å²) in [5, 5.41) is 25.0. The van der Waals surface area contributed by atoms with E-state index in [1.165, 1.54) is 10.9 Å². The zero-order valence-electron chi connectivity index (χ0n) is 18.6. The molecule has 0 fully saturated rings. The van der Waals surface area contributed by atoms with Gasteiger partial charge in [-0.1, -0.05) is 27.7 Å². The molecule has 13 nitrogen and oxygen atoms in total. The Morgan fingerprint density at radius 1 is 1.28 bits per heavy atom. The Morgan fingerprint density at radius 3 is 2.53 bits per heavy atom. The number of nitrogen functional groups attached to an aromatic ring is 1. The number of aromatic amines is 1. The molecule has 178 valence electrons. The van der Waals surface area contributed by atoms with E-state index in [0.29, 0.717) is 13.0 Å². The second kappa shape index (κ2) is 10.5. The molecular formula is C19H31N7O6. The zero-order valence-corrected chi connectivity index (χ0v) is 18.6. The third kappa shape index (κ3) is 5.60. The van der Waals surface area contributed by atoms with Crippen LogP contribution in [-0.2, 0) is 21.1 Å². The number of aliphatic carboxylic acids is 2. The van der Waals surface area contributed by atoms with Gasteiger partial charge in [-0.15, -0.1) is 0 Å². The van der Waals surface area contributed by atoms with Crippen LogP contribution in [0.3, 0.4) is 0 Å². The fourth-order valence-electron chi connectivity index (χ4n) is 3.27. The summed E-state index contributed by atoms with van der Waals surface area (Å²) >= 11 is 0. The SMILES string of the molecule is CC(C)[C@H](NCCCN[C@](OCn1cnc2c(=O)[nH]c(N)nc21)(C(=O)O)C(C)C)C(=O)O. The summed E-state index contributed by atoms with van der Waals surface area (Å²) < 4.78 is 7.19. The Labute approximate surface area is 184 Å². The van der Waals surface area contributed by atoms with Crippen LogP contribution in [0, 0.1) is 11.8 Å². The van der Waals surface area contributed by atoms with Crippen LogP contribution in [0.15, 0.2) is 11.1 Å². The highest BCUT2D eigenvalue weighted by molar-refractivity contribution is 5.77. The van der Waals surface area contributed by atoms with Crippen LogP contribution in [0.5, 0.6) is 0 Å². The lowest BCUT2D eigenvalue weighted by atomic mass is 9.99. The van der Waals surface area contributed by atoms with Crippen molar-refractivity contribution in [3.8, 4) is 0 Å². The summed E-state index contributed by atoms with van der Waals surface area (Å²) in [6.45, 7) is 7.42. The van der Waals surface area contributed by atoms with E-state index in [4.69, 9.17) is 10.5 Å². The van der Waals surface area contributed by atoms with Crippen molar-refractivity contribution in [1.82, 2.24) is 30.2 Å². The number of carboxylic acid groups (broad SMARTS) is 2. The van der Waals surface area contributed by atoms with Gasteiger partial charge in [0.05, 0.1) is 6.33 Å². The molecule has 0 saturated heterocycles. The van der Waals surface area contributed by atoms with Crippen LogP contribution in [0.25, 0.3) is 11.2 Å². The number of imidazole rings is 1. The van der Waals surface area contributed by atoms with Gasteiger partial charge in [0.2, 0.25) is 11.7 Å². The average Bonchev–Trinajstić information content (AvgIpc) is 3.08. The maximum atomic E-state index is 12.1. The summed E-state index contributed by atoms with van der Waals surface area (Å²) in [5.74, 6) is -2.78. The summed E-state index contributed by atoms with van der Waals surface area (Å²) in [7, 11) is 0. The number of hydrogen-bond acceptors (Lipinski definition) is 9. The molecule has 13 heteroatoms. The Balaban J connectivity index is 2.07. The van der Waals surface area contributed by atoms with Gasteiger partial charge < -0.3 is 26.0 Å². The standard InChI is InChI=1S/C19H31N7O6/c1-10(2)12(16(28)29)21-6-5-7-23-19(11(3)4,17(30)31)32-9-26-8-22-13-14(26)24-18(20)25-15(13)27/h8,10-12,21,23H,5-7,9H2,1-4H3,(H,28,29)(H,30,31)(H3,20,24,25,27)/t12-,19+/m0/s1. The fourth-order valence-corrected chi connectivity index (χ4v) is 3.27. The van der Waals surface area contributed by atoms with E-state index in [9.17, 15) is 24.6 Å². The van der Waals surface area contributed by atoms with E-state index < -0.39 is 35.2 Å². The highest BCUT2D eigenvalue weighted by Gasteiger charge is 2.43. The lowest BCUT2D eigenvalue weighted by Crippen LogP contribution is -2.58. The zero-order chi connectivity index (χ0) is 24.1. The molecule has 0 aliphatic carbocycles. The minimum atomic E-state index is -1.73. The first-order valence-electron chi connectivity index (χ1n) is 10.3. The summed E-state index contributed by atoms with van der Waals surface area (Å²) in [6.07, 6.45) is 1.80. The van der Waals surface area contributed by atoms with Gasteiger partial charge in [-0.2, -0.15) is 4.98 Å². The molecule has 2 aromatic heterocycles. The van der Waals surface area contributed by atoms with Crippen LogP contribution in [-0.4, -0.2) is 66.5 Å². The number of rotatable bonds is 13. The Bertz CT molecular complexity index is 1000. The third-order valence-corrected chi connectivity index (χ3v) is 5.09. The second-order valence-electron chi connectivity index (χ2n) is 8.10. The van der Waals surface area contributed by atoms with Crippen molar-refractivity contribution >= 4 is 29.1 Å². The van der Waals surface area contributed by atoms with Crippen molar-refractivity contribution in [1.29, 1.82) is 0 Å². The summed E-state index contributed by atoms with van der Waals surface area (Å²) in [5.41, 5.74) is 3.58. The van der Waals surface area contributed by atoms with Gasteiger partial charge in [-0.05, 0) is 25.4 Å². The van der Waals surface area contributed by atoms with E-state index in [0.717, 1.165) is 0 Å². The number of carbonyl (C=O) groups is 2. The molecule has 0 amide bonds. The van der Waals surface area contributed by atoms with Gasteiger partial charge >= 0.3 is 11.9 Å². The predicted octanol–water partition coefficient (Wildman–Crippen LogP) is -0.209. The van der Waals surface area contributed by atoms with E-state index in [2.05, 4.69) is 25.6 Å². The molecule has 2 rings (SSSR count). The van der Waals surface area contributed by atoms with Crippen LogP contribution >= 0.6 is 0 Å². The van der Waals surface area contributed by atoms with E-state index in [1.807, 2.05) is 13.8 Å². The molecule has 0 bridgehead atoms. The predicted molar refractivity (Wildman–Crippen MR) is 116 cm³/mol. The van der Waals surface area contributed by atoms with Crippen LogP contribution in [0.4, 0.5) is 5.95 Å². The first-order valence-corrected chi connectivity index (χ1v) is 10.3. The molecule has 2 heterocycles. The monoisotopic (exact) mass is 453 g/mol. The molecule has 0 unspecified atom stereocenters. The molecule has 7 N–H and O–H groups in total. The first kappa shape index (κ1) is 25.2. The Kier molecular flexibility index (Phi) is 8.30. The Morgan fingerprint density at radius 2 is 1.97 bits per heavy atom. The van der Waals surface area contributed by atoms with Crippen molar-refractivity contribution < 1.29 is 24.5 Å². The summed E-state index contributed by atoms with van der Waals surface area (Å²) in [4.78, 5) is 45.7. The molecule has 0 aliphatic rings. The topological polar surface area (TPSA) is 197 Å². The van der Waals surface area contributed by atoms with Crippen molar-refractivity contribution in [2.24, 2.45) is 11.8 Å². The number of H-pyrrole nitrogens is 1. The fraction of sp³-hybridized carbons (Fsp3) is 0.632. The maximum Gasteiger partial charge on any atom is 0.351 e. The number of aromatic nitrogens is 4. The number of carboxylic acids is 2. The molecule has 2 aromatic rings. The van der Waals surface area contributed by atoms with Crippen LogP contribution in [0.1, 0.15) is 34.1 Å². The average molecular weight is 454 g/mol. The van der Waals surface area contributed by atoms with Crippen molar-refractivity contribution in [2.75, 3.05) is 18.8 Å². The number of ether oxygens (including phenoxy) is 1. The van der Waals surface area contributed by atoms with Gasteiger partial charge in [0.15, 0.2) is 11.2 Å². The second-order valence-corrected chi connectivity index (χ2v) is 8.10. The number of nitrogens with two attached hydrogens (primary N) is 1. The van der Waals surface area contributed by atoms with Crippen molar-refractivity contribution in [2.45, 2.75) is 52.6 Å². The van der Waals surface area contributed by atoms with Gasteiger partial charge in [0.25, 0.3) is 5.56 Å². The third-order valence-electron chi connectivity index (χ3n) is 5.09. The van der Waals surface area contributed by atoms with E-state index >= 15 is 0 Å². The molecule has 0 spiro atoms. The minimum absolute atomic E-state index is 0.0606. The molecule has 0 aromatic carbocycles. The van der Waals surface area contributed by atoms with E-state index in [-0.39, 0.29) is 36.3 Å². The van der Waals surface area contributed by atoms with Gasteiger partial charge in [-0.3, -0.25) is 24.5 Å². The molecular weight excluding hydrogens is 422 g/mol. The highest BCUT2D eigenvalue weighted by atomic mass is 16.6. The van der Waals surface area contributed by atoms with E-state index in [1.54, 1.807) is 13.8 Å². The van der Waals surface area contributed by atoms with Crippen molar-refractivity contribution in [3.05, 3.63) is 16.7 Å². The molecule has 0 aliphatic heterocycles. The Hall–Kier alpha value is -3.03. The quantitative estimate of drug-likeness (QED) is 0.173. The smallest absolute Gasteiger partial charge is 0.351 e. The number of nitrogens with one attached hydrogen (secondary N) is 3. The first-order chi connectivity index (χ1) is 15.0. The molecule has 0 radical (unpaired) electrons. The largest absolute Gasteiger partial charge is 0.480 e. The molecule has 2 atom stereocenters. The van der Waals surface area contributed by atoms with Gasteiger partial charge in [0, 0.05) is 5.92 Å². The normalized spacial score (nSPS) is 14.7. The van der Waals surface area contributed by atoms with Crippen molar-refractivity contribution in [3.63, 3.8) is 0 Å². The number of nitrogens with zero attached hydrogens (tertiary/aromatic N) is 3. The number of hydrogen-bond donors (Lipinski definition) is 6. The minimum Gasteiger partial charge on any atom is -0.480 e. The molecule has 0 saturated carbocycles. The van der Waals surface area contributed by atoms with Gasteiger partial charge in [0.1, 0.15) is 12.8 Å². The number of anilines is 1. The highest BCUT2D eigenvalue weighted by Crippen LogP contribution is 2.21. The van der Waals surface area contributed by atoms with Crippen LogP contribution < -0.4 is 21.9 Å².